The monoisotopic (exact) mass is 356 g/mol. The lowest BCUT2D eigenvalue weighted by Crippen LogP contribution is -2.44. The van der Waals surface area contributed by atoms with Crippen molar-refractivity contribution in [1.29, 1.82) is 0 Å². The molecule has 0 unspecified atom stereocenters. The summed E-state index contributed by atoms with van der Waals surface area (Å²) in [4.78, 5) is 25.1. The number of nitrogens with zero attached hydrogens (tertiary/aromatic N) is 1. The lowest BCUT2D eigenvalue weighted by Gasteiger charge is -2.22. The van der Waals surface area contributed by atoms with Gasteiger partial charge < -0.3 is 20.1 Å². The first-order valence-corrected chi connectivity index (χ1v) is 8.24. The standard InChI is InChI=1S/C17H25ClN2O4/c1-17(2,3)24-16(23)19-14(15(21)22)11-12-5-7-13(8-6-12)20(4)10-9-18/h5-8,14H,9-11H2,1-4H3,(H,19,23)(H,21,22)/t14-/m0/s1. The third-order valence-corrected chi connectivity index (χ3v) is 3.39. The molecule has 0 spiro atoms. The zero-order chi connectivity index (χ0) is 18.3. The largest absolute Gasteiger partial charge is 0.480 e. The molecule has 0 aliphatic heterocycles. The molecule has 24 heavy (non-hydrogen) atoms. The van der Waals surface area contributed by atoms with E-state index in [1.807, 2.05) is 36.2 Å². The molecule has 1 aromatic rings. The second-order valence-corrected chi connectivity index (χ2v) is 6.90. The highest BCUT2D eigenvalue weighted by molar-refractivity contribution is 6.18. The van der Waals surface area contributed by atoms with Crippen molar-refractivity contribution >= 4 is 29.4 Å². The molecule has 0 heterocycles. The molecule has 2 N–H and O–H groups in total. The predicted octanol–water partition coefficient (Wildman–Crippen LogP) is 2.88. The Labute approximate surface area is 147 Å². The maximum atomic E-state index is 11.8. The molecule has 0 saturated carbocycles. The number of amides is 1. The van der Waals surface area contributed by atoms with E-state index in [9.17, 15) is 14.7 Å². The summed E-state index contributed by atoms with van der Waals surface area (Å²) in [5, 5.41) is 11.7. The predicted molar refractivity (Wildman–Crippen MR) is 94.9 cm³/mol. The van der Waals surface area contributed by atoms with Crippen molar-refractivity contribution in [2.24, 2.45) is 0 Å². The molecule has 7 heteroatoms. The number of aliphatic carboxylic acids is 1. The van der Waals surface area contributed by atoms with Gasteiger partial charge in [0.2, 0.25) is 0 Å². The second kappa shape index (κ2) is 8.78. The van der Waals surface area contributed by atoms with Crippen molar-refractivity contribution < 1.29 is 19.4 Å². The van der Waals surface area contributed by atoms with Gasteiger partial charge in [0.1, 0.15) is 11.6 Å². The molecule has 0 radical (unpaired) electrons. The van der Waals surface area contributed by atoms with Gasteiger partial charge in [-0.2, -0.15) is 0 Å². The molecule has 6 nitrogen and oxygen atoms in total. The number of alkyl halides is 1. The van der Waals surface area contributed by atoms with E-state index in [1.165, 1.54) is 0 Å². The number of ether oxygens (including phenoxy) is 1. The number of carbonyl (C=O) groups excluding carboxylic acids is 1. The summed E-state index contributed by atoms with van der Waals surface area (Å²) < 4.78 is 5.10. The van der Waals surface area contributed by atoms with E-state index in [-0.39, 0.29) is 6.42 Å². The van der Waals surface area contributed by atoms with E-state index in [4.69, 9.17) is 16.3 Å². The Bertz CT molecular complexity index is 555. The van der Waals surface area contributed by atoms with E-state index in [0.717, 1.165) is 17.8 Å². The van der Waals surface area contributed by atoms with Gasteiger partial charge in [-0.05, 0) is 38.5 Å². The molecule has 0 aromatic heterocycles. The number of anilines is 1. The van der Waals surface area contributed by atoms with Crippen molar-refractivity contribution in [3.05, 3.63) is 29.8 Å². The average Bonchev–Trinajstić information content (AvgIpc) is 2.45. The lowest BCUT2D eigenvalue weighted by atomic mass is 10.1. The van der Waals surface area contributed by atoms with E-state index in [2.05, 4.69) is 5.32 Å². The number of rotatable bonds is 7. The van der Waals surface area contributed by atoms with Crippen LogP contribution in [0.4, 0.5) is 10.5 Å². The number of carboxylic acid groups (broad SMARTS) is 1. The van der Waals surface area contributed by atoms with Crippen LogP contribution in [-0.2, 0) is 16.0 Å². The zero-order valence-electron chi connectivity index (χ0n) is 14.5. The summed E-state index contributed by atoms with van der Waals surface area (Å²) in [6.07, 6.45) is -0.568. The van der Waals surface area contributed by atoms with Crippen molar-refractivity contribution in [3.63, 3.8) is 0 Å². The van der Waals surface area contributed by atoms with Crippen LogP contribution >= 0.6 is 11.6 Å². The maximum absolute atomic E-state index is 11.8. The molecule has 0 bridgehead atoms. The summed E-state index contributed by atoms with van der Waals surface area (Å²) >= 11 is 5.72. The first-order chi connectivity index (χ1) is 11.1. The summed E-state index contributed by atoms with van der Waals surface area (Å²) in [5.74, 6) is -0.580. The van der Waals surface area contributed by atoms with Gasteiger partial charge in [-0.25, -0.2) is 9.59 Å². The number of carboxylic acids is 1. The van der Waals surface area contributed by atoms with E-state index >= 15 is 0 Å². The number of benzene rings is 1. The van der Waals surface area contributed by atoms with E-state index in [1.54, 1.807) is 20.8 Å². The van der Waals surface area contributed by atoms with Gasteiger partial charge in [0.05, 0.1) is 0 Å². The fourth-order valence-electron chi connectivity index (χ4n) is 2.03. The maximum Gasteiger partial charge on any atom is 0.408 e. The number of carbonyl (C=O) groups is 2. The molecular weight excluding hydrogens is 332 g/mol. The number of hydrogen-bond acceptors (Lipinski definition) is 4. The molecule has 0 saturated heterocycles. The second-order valence-electron chi connectivity index (χ2n) is 6.52. The van der Waals surface area contributed by atoms with Gasteiger partial charge in [0, 0.05) is 31.6 Å². The van der Waals surface area contributed by atoms with Gasteiger partial charge in [-0.1, -0.05) is 12.1 Å². The molecule has 0 aliphatic rings. The molecule has 1 amide bonds. The van der Waals surface area contributed by atoms with Gasteiger partial charge in [0.25, 0.3) is 0 Å². The molecule has 0 fully saturated rings. The Morgan fingerprint density at radius 2 is 1.88 bits per heavy atom. The zero-order valence-corrected chi connectivity index (χ0v) is 15.3. The van der Waals surface area contributed by atoms with Gasteiger partial charge >= 0.3 is 12.1 Å². The Morgan fingerprint density at radius 3 is 2.33 bits per heavy atom. The van der Waals surface area contributed by atoms with Crippen LogP contribution in [0.3, 0.4) is 0 Å². The Kier molecular flexibility index (Phi) is 7.35. The molecule has 1 rings (SSSR count). The van der Waals surface area contributed by atoms with E-state index in [0.29, 0.717) is 5.88 Å². The van der Waals surface area contributed by atoms with E-state index < -0.39 is 23.7 Å². The summed E-state index contributed by atoms with van der Waals surface area (Å²) in [6, 6.07) is 6.42. The normalized spacial score (nSPS) is 12.4. The van der Waals surface area contributed by atoms with Crippen molar-refractivity contribution in [3.8, 4) is 0 Å². The summed E-state index contributed by atoms with van der Waals surface area (Å²) in [5.41, 5.74) is 1.12. The van der Waals surface area contributed by atoms with Crippen LogP contribution in [0.5, 0.6) is 0 Å². The fraction of sp³-hybridized carbons (Fsp3) is 0.529. The third-order valence-electron chi connectivity index (χ3n) is 3.23. The minimum Gasteiger partial charge on any atom is -0.480 e. The van der Waals surface area contributed by atoms with Crippen LogP contribution in [0.1, 0.15) is 26.3 Å². The van der Waals surface area contributed by atoms with Gasteiger partial charge in [-0.15, -0.1) is 11.6 Å². The number of hydrogen-bond donors (Lipinski definition) is 2. The Balaban J connectivity index is 2.72. The first-order valence-electron chi connectivity index (χ1n) is 7.70. The third kappa shape index (κ3) is 7.08. The number of alkyl carbamates (subject to hydrolysis) is 1. The van der Waals surface area contributed by atoms with Crippen LogP contribution in [0.2, 0.25) is 0 Å². The van der Waals surface area contributed by atoms with Crippen LogP contribution in [0.25, 0.3) is 0 Å². The molecular formula is C17H25ClN2O4. The van der Waals surface area contributed by atoms with Crippen LogP contribution < -0.4 is 10.2 Å². The Morgan fingerprint density at radius 1 is 1.29 bits per heavy atom. The topological polar surface area (TPSA) is 78.9 Å². The SMILES string of the molecule is CN(CCCl)c1ccc(C[C@H](NC(=O)OC(C)(C)C)C(=O)O)cc1. The lowest BCUT2D eigenvalue weighted by molar-refractivity contribution is -0.139. The van der Waals surface area contributed by atoms with Crippen LogP contribution in [0.15, 0.2) is 24.3 Å². The van der Waals surface area contributed by atoms with Crippen molar-refractivity contribution in [1.82, 2.24) is 5.32 Å². The number of halogens is 1. The average molecular weight is 357 g/mol. The number of nitrogens with one attached hydrogen (secondary N) is 1. The van der Waals surface area contributed by atoms with Crippen molar-refractivity contribution in [2.75, 3.05) is 24.4 Å². The highest BCUT2D eigenvalue weighted by Crippen LogP contribution is 2.15. The minimum absolute atomic E-state index is 0.175. The molecule has 134 valence electrons. The first kappa shape index (κ1) is 20.1. The van der Waals surface area contributed by atoms with Crippen LogP contribution in [0, 0.1) is 0 Å². The highest BCUT2D eigenvalue weighted by Gasteiger charge is 2.24. The quantitative estimate of drug-likeness (QED) is 0.734. The fourth-order valence-corrected chi connectivity index (χ4v) is 2.28. The molecule has 0 aliphatic carbocycles. The van der Waals surface area contributed by atoms with Gasteiger partial charge in [0.15, 0.2) is 0 Å². The van der Waals surface area contributed by atoms with Crippen LogP contribution in [-0.4, -0.2) is 48.3 Å². The molecule has 1 aromatic carbocycles. The summed E-state index contributed by atoms with van der Waals surface area (Å²) in [6.45, 7) is 5.88. The highest BCUT2D eigenvalue weighted by atomic mass is 35.5. The molecule has 1 atom stereocenters. The van der Waals surface area contributed by atoms with Gasteiger partial charge in [-0.3, -0.25) is 0 Å². The van der Waals surface area contributed by atoms with Crippen molar-refractivity contribution in [2.45, 2.75) is 38.8 Å². The smallest absolute Gasteiger partial charge is 0.408 e. The summed E-state index contributed by atoms with van der Waals surface area (Å²) in [7, 11) is 1.93. The minimum atomic E-state index is -1.11. The Hall–Kier alpha value is -1.95.